The van der Waals surface area contributed by atoms with Crippen molar-refractivity contribution in [1.29, 1.82) is 0 Å². The second-order valence-electron chi connectivity index (χ2n) is 5.76. The van der Waals surface area contributed by atoms with Gasteiger partial charge in [0, 0.05) is 23.7 Å². The molecule has 1 heterocycles. The number of allylic oxidation sites excluding steroid dienone is 1. The van der Waals surface area contributed by atoms with Gasteiger partial charge in [-0.3, -0.25) is 14.9 Å². The average Bonchev–Trinajstić information content (AvgIpc) is 2.44. The number of hydrogen-bond donors (Lipinski definition) is 4. The number of carboxylic acid groups (broad SMARTS) is 2. The molecule has 4 N–H and O–H groups in total. The molecule has 0 saturated heterocycles. The summed E-state index contributed by atoms with van der Waals surface area (Å²) in [4.78, 5) is 33.6. The average molecular weight is 336 g/mol. The highest BCUT2D eigenvalue weighted by Gasteiger charge is 2.51. The van der Waals surface area contributed by atoms with Crippen molar-refractivity contribution in [3.8, 4) is 0 Å². The number of aliphatic hydroxyl groups is 1. The molecule has 0 aliphatic carbocycles. The Kier molecular flexibility index (Phi) is 4.30. The third kappa shape index (κ3) is 2.93. The van der Waals surface area contributed by atoms with E-state index in [0.717, 1.165) is 6.07 Å². The Bertz CT molecular complexity index is 754. The second kappa shape index (κ2) is 5.93. The van der Waals surface area contributed by atoms with E-state index in [1.54, 1.807) is 0 Å². The first-order valence-corrected chi connectivity index (χ1v) is 6.98. The summed E-state index contributed by atoms with van der Waals surface area (Å²) in [6.45, 7) is 2.62. The van der Waals surface area contributed by atoms with Crippen LogP contribution in [0.15, 0.2) is 35.5 Å². The van der Waals surface area contributed by atoms with Crippen LogP contribution in [0.1, 0.15) is 25.3 Å². The lowest BCUT2D eigenvalue weighted by molar-refractivity contribution is -0.384. The van der Waals surface area contributed by atoms with E-state index in [1.807, 2.05) is 0 Å². The van der Waals surface area contributed by atoms with Gasteiger partial charge in [-0.25, -0.2) is 4.79 Å². The molecule has 1 aromatic carbocycles. The molecule has 128 valence electrons. The van der Waals surface area contributed by atoms with Crippen LogP contribution < -0.4 is 5.32 Å². The van der Waals surface area contributed by atoms with Crippen LogP contribution in [0.5, 0.6) is 0 Å². The first kappa shape index (κ1) is 17.4. The van der Waals surface area contributed by atoms with Crippen molar-refractivity contribution >= 4 is 17.6 Å². The topological polar surface area (TPSA) is 150 Å². The SMILES string of the molecule is CC1=C(C(=O)O)C(c2cccc([N+](=O)[O-])c2)C(C(=O)O)C(C)(O)N1. The van der Waals surface area contributed by atoms with Gasteiger partial charge < -0.3 is 20.6 Å². The minimum atomic E-state index is -1.93. The van der Waals surface area contributed by atoms with Gasteiger partial charge in [-0.1, -0.05) is 12.1 Å². The number of benzene rings is 1. The minimum Gasteiger partial charge on any atom is -0.481 e. The standard InChI is InChI=1S/C15H16N2O7/c1-7-10(13(18)19)11(12(14(20)21)15(2,22)16-7)8-4-3-5-9(6-8)17(23)24/h3-6,11-12,16,22H,1-2H3,(H,18,19)(H,20,21). The van der Waals surface area contributed by atoms with Crippen LogP contribution in [0.2, 0.25) is 0 Å². The fourth-order valence-electron chi connectivity index (χ4n) is 3.12. The first-order valence-electron chi connectivity index (χ1n) is 6.98. The van der Waals surface area contributed by atoms with Gasteiger partial charge in [0.1, 0.15) is 11.6 Å². The lowest BCUT2D eigenvalue weighted by Crippen LogP contribution is -2.57. The Hall–Kier alpha value is -2.94. The van der Waals surface area contributed by atoms with Crippen LogP contribution in [0, 0.1) is 16.0 Å². The molecule has 0 spiro atoms. The molecule has 0 radical (unpaired) electrons. The monoisotopic (exact) mass is 336 g/mol. The molecule has 1 aromatic rings. The third-order valence-corrected chi connectivity index (χ3v) is 4.03. The maximum Gasteiger partial charge on any atom is 0.333 e. The molecule has 0 amide bonds. The van der Waals surface area contributed by atoms with E-state index >= 15 is 0 Å². The maximum absolute atomic E-state index is 11.7. The number of carbonyl (C=O) groups is 2. The Balaban J connectivity index is 2.73. The highest BCUT2D eigenvalue weighted by molar-refractivity contribution is 5.92. The number of hydrogen-bond acceptors (Lipinski definition) is 6. The third-order valence-electron chi connectivity index (χ3n) is 4.03. The first-order chi connectivity index (χ1) is 11.1. The summed E-state index contributed by atoms with van der Waals surface area (Å²) >= 11 is 0. The molecular formula is C15H16N2O7. The number of aliphatic carboxylic acids is 2. The van der Waals surface area contributed by atoms with E-state index in [9.17, 15) is 35.0 Å². The van der Waals surface area contributed by atoms with E-state index in [1.165, 1.54) is 32.0 Å². The fraction of sp³-hybridized carbons (Fsp3) is 0.333. The number of nitro benzene ring substituents is 1. The van der Waals surface area contributed by atoms with Crippen LogP contribution in [-0.2, 0) is 9.59 Å². The zero-order valence-electron chi connectivity index (χ0n) is 12.9. The summed E-state index contributed by atoms with van der Waals surface area (Å²) in [5.41, 5.74) is -2.24. The number of non-ortho nitro benzene ring substituents is 1. The van der Waals surface area contributed by atoms with Crippen molar-refractivity contribution < 1.29 is 29.8 Å². The van der Waals surface area contributed by atoms with Gasteiger partial charge in [0.15, 0.2) is 0 Å². The van der Waals surface area contributed by atoms with Crippen LogP contribution in [0.4, 0.5) is 5.69 Å². The summed E-state index contributed by atoms with van der Waals surface area (Å²) in [5, 5.41) is 42.9. The fourth-order valence-corrected chi connectivity index (χ4v) is 3.12. The lowest BCUT2D eigenvalue weighted by atomic mass is 9.72. The number of carboxylic acids is 2. The number of nitro groups is 1. The molecule has 1 aliphatic rings. The molecular weight excluding hydrogens is 320 g/mol. The molecule has 3 atom stereocenters. The van der Waals surface area contributed by atoms with Gasteiger partial charge in [0.25, 0.3) is 5.69 Å². The van der Waals surface area contributed by atoms with Crippen molar-refractivity contribution in [2.75, 3.05) is 0 Å². The maximum atomic E-state index is 11.7. The predicted molar refractivity (Wildman–Crippen MR) is 81.1 cm³/mol. The number of nitrogens with zero attached hydrogens (tertiary/aromatic N) is 1. The van der Waals surface area contributed by atoms with E-state index in [2.05, 4.69) is 5.32 Å². The van der Waals surface area contributed by atoms with Crippen LogP contribution in [0.3, 0.4) is 0 Å². The molecule has 0 fully saturated rings. The van der Waals surface area contributed by atoms with Crippen molar-refractivity contribution in [1.82, 2.24) is 5.32 Å². The van der Waals surface area contributed by atoms with Gasteiger partial charge in [-0.2, -0.15) is 0 Å². The van der Waals surface area contributed by atoms with Crippen molar-refractivity contribution in [3.05, 3.63) is 51.2 Å². The zero-order valence-corrected chi connectivity index (χ0v) is 12.9. The highest BCUT2D eigenvalue weighted by Crippen LogP contribution is 2.43. The molecule has 3 unspecified atom stereocenters. The Labute approximate surface area is 136 Å². The summed E-state index contributed by atoms with van der Waals surface area (Å²) in [6.07, 6.45) is 0. The van der Waals surface area contributed by atoms with E-state index in [4.69, 9.17) is 0 Å². The molecule has 0 saturated carbocycles. The van der Waals surface area contributed by atoms with Crippen molar-refractivity contribution in [2.24, 2.45) is 5.92 Å². The molecule has 2 rings (SSSR count). The predicted octanol–water partition coefficient (Wildman–Crippen LogP) is 1.05. The number of rotatable bonds is 4. The molecule has 1 aliphatic heterocycles. The van der Waals surface area contributed by atoms with Crippen molar-refractivity contribution in [3.63, 3.8) is 0 Å². The Morgan fingerprint density at radius 1 is 1.33 bits per heavy atom. The van der Waals surface area contributed by atoms with E-state index in [-0.39, 0.29) is 22.5 Å². The molecule has 9 heteroatoms. The summed E-state index contributed by atoms with van der Waals surface area (Å²) < 4.78 is 0. The molecule has 0 bridgehead atoms. The summed E-state index contributed by atoms with van der Waals surface area (Å²) in [7, 11) is 0. The van der Waals surface area contributed by atoms with Crippen molar-refractivity contribution in [2.45, 2.75) is 25.5 Å². The second-order valence-corrected chi connectivity index (χ2v) is 5.76. The Morgan fingerprint density at radius 3 is 2.46 bits per heavy atom. The minimum absolute atomic E-state index is 0.0986. The van der Waals surface area contributed by atoms with E-state index < -0.39 is 34.4 Å². The number of nitrogens with one attached hydrogen (secondary N) is 1. The van der Waals surface area contributed by atoms with Crippen LogP contribution in [0.25, 0.3) is 0 Å². The van der Waals surface area contributed by atoms with E-state index in [0.29, 0.717) is 0 Å². The molecule has 24 heavy (non-hydrogen) atoms. The van der Waals surface area contributed by atoms with Gasteiger partial charge in [-0.15, -0.1) is 0 Å². The van der Waals surface area contributed by atoms with Gasteiger partial charge in [0.2, 0.25) is 0 Å². The zero-order chi connectivity index (χ0) is 18.2. The quantitative estimate of drug-likeness (QED) is 0.470. The van der Waals surface area contributed by atoms with Crippen LogP contribution >= 0.6 is 0 Å². The Morgan fingerprint density at radius 2 is 1.96 bits per heavy atom. The van der Waals surface area contributed by atoms with Gasteiger partial charge >= 0.3 is 11.9 Å². The smallest absolute Gasteiger partial charge is 0.333 e. The summed E-state index contributed by atoms with van der Waals surface area (Å²) in [5.74, 6) is -5.58. The lowest BCUT2D eigenvalue weighted by Gasteiger charge is -2.42. The van der Waals surface area contributed by atoms with Gasteiger partial charge in [-0.05, 0) is 19.4 Å². The molecule has 9 nitrogen and oxygen atoms in total. The molecule has 0 aromatic heterocycles. The normalized spacial score (nSPS) is 26.6. The van der Waals surface area contributed by atoms with Gasteiger partial charge in [0.05, 0.1) is 10.5 Å². The largest absolute Gasteiger partial charge is 0.481 e. The summed E-state index contributed by atoms with van der Waals surface area (Å²) in [6, 6.07) is 5.09. The van der Waals surface area contributed by atoms with Crippen LogP contribution in [-0.4, -0.2) is 37.9 Å². The highest BCUT2D eigenvalue weighted by atomic mass is 16.6.